The van der Waals surface area contributed by atoms with Gasteiger partial charge < -0.3 is 10.2 Å². The Morgan fingerprint density at radius 1 is 0.658 bits per heavy atom. The van der Waals surface area contributed by atoms with Gasteiger partial charge in [-0.1, -0.05) is 83.3 Å². The van der Waals surface area contributed by atoms with Crippen molar-refractivity contribution in [2.75, 3.05) is 10.6 Å². The fraction of sp³-hybridized carbons (Fsp3) is 0.308. The number of amides is 2. The third-order valence-corrected chi connectivity index (χ3v) is 7.37. The van der Waals surface area contributed by atoms with Crippen molar-refractivity contribution in [2.45, 2.75) is 50.7 Å². The molecule has 0 radical (unpaired) electrons. The van der Waals surface area contributed by atoms with Gasteiger partial charge in [0.05, 0.1) is 0 Å². The maximum absolute atomic E-state index is 12.3. The number of anilines is 2. The molecule has 198 valence electrons. The molecule has 38 heavy (non-hydrogen) atoms. The van der Waals surface area contributed by atoms with E-state index in [4.69, 9.17) is 0 Å². The monoisotopic (exact) mass is 552 g/mol. The number of hydrogen-bond donors (Lipinski definition) is 4. The van der Waals surface area contributed by atoms with Crippen LogP contribution >= 0.6 is 22.7 Å². The van der Waals surface area contributed by atoms with Crippen LogP contribution in [-0.4, -0.2) is 54.6 Å². The van der Waals surface area contributed by atoms with Crippen LogP contribution in [0.1, 0.15) is 34.0 Å². The molecule has 0 aliphatic heterocycles. The number of rotatable bonds is 13. The van der Waals surface area contributed by atoms with Gasteiger partial charge in [0.2, 0.25) is 10.3 Å². The van der Waals surface area contributed by atoms with E-state index in [1.807, 2.05) is 60.7 Å². The average Bonchev–Trinajstić information content (AvgIpc) is 3.57. The van der Waals surface area contributed by atoms with Crippen LogP contribution in [0.5, 0.6) is 0 Å². The molecule has 0 aliphatic rings. The van der Waals surface area contributed by atoms with Gasteiger partial charge in [-0.2, -0.15) is 0 Å². The van der Waals surface area contributed by atoms with Gasteiger partial charge in [0.1, 0.15) is 22.2 Å². The van der Waals surface area contributed by atoms with Gasteiger partial charge in [0, 0.05) is 25.7 Å². The van der Waals surface area contributed by atoms with Crippen LogP contribution in [0, 0.1) is 0 Å². The molecular formula is C26H28N6O4S2. The second-order valence-corrected chi connectivity index (χ2v) is 10.7. The highest BCUT2D eigenvalue weighted by molar-refractivity contribution is 7.15. The van der Waals surface area contributed by atoms with Crippen LogP contribution in [-0.2, 0) is 35.3 Å². The molecule has 2 atom stereocenters. The van der Waals surface area contributed by atoms with E-state index in [0.29, 0.717) is 23.1 Å². The number of carbonyl (C=O) groups excluding carboxylic acids is 2. The molecule has 4 rings (SSSR count). The summed E-state index contributed by atoms with van der Waals surface area (Å²) in [5, 5.41) is 44.1. The molecule has 0 fully saturated rings. The SMILES string of the molecule is O=C(Nc1nnc(CCCCc2nnc(NC(=O)[C@H](O)Cc3ccccc3)s2)s1)[C@H](O)Cc1ccccc1. The summed E-state index contributed by atoms with van der Waals surface area (Å²) in [7, 11) is 0. The second kappa shape index (κ2) is 13.8. The Kier molecular flexibility index (Phi) is 9.98. The first kappa shape index (κ1) is 27.5. The summed E-state index contributed by atoms with van der Waals surface area (Å²) in [6.45, 7) is 0. The Balaban J connectivity index is 1.15. The first-order chi connectivity index (χ1) is 18.5. The Hall–Kier alpha value is -3.58. The fourth-order valence-corrected chi connectivity index (χ4v) is 5.17. The lowest BCUT2D eigenvalue weighted by molar-refractivity contribution is -0.124. The molecule has 2 aromatic heterocycles. The van der Waals surface area contributed by atoms with Crippen LogP contribution in [0.15, 0.2) is 60.7 Å². The molecule has 0 aliphatic carbocycles. The molecule has 0 bridgehead atoms. The first-order valence-electron chi connectivity index (χ1n) is 12.2. The normalized spacial score (nSPS) is 12.6. The summed E-state index contributed by atoms with van der Waals surface area (Å²) in [6, 6.07) is 18.6. The molecule has 10 nitrogen and oxygen atoms in total. The summed E-state index contributed by atoms with van der Waals surface area (Å²) in [4.78, 5) is 24.5. The molecule has 0 unspecified atom stereocenters. The van der Waals surface area contributed by atoms with E-state index in [9.17, 15) is 19.8 Å². The summed E-state index contributed by atoms with van der Waals surface area (Å²) < 4.78 is 0. The van der Waals surface area contributed by atoms with Gasteiger partial charge in [0.15, 0.2) is 0 Å². The maximum atomic E-state index is 12.3. The number of carbonyl (C=O) groups is 2. The van der Waals surface area contributed by atoms with E-state index in [1.54, 1.807) is 0 Å². The van der Waals surface area contributed by atoms with Gasteiger partial charge >= 0.3 is 0 Å². The quantitative estimate of drug-likeness (QED) is 0.185. The zero-order valence-corrected chi connectivity index (χ0v) is 22.1. The van der Waals surface area contributed by atoms with Crippen molar-refractivity contribution in [1.82, 2.24) is 20.4 Å². The lowest BCUT2D eigenvalue weighted by Crippen LogP contribution is -2.29. The Labute approximate surface area is 227 Å². The third kappa shape index (κ3) is 8.48. The molecular weight excluding hydrogens is 524 g/mol. The van der Waals surface area contributed by atoms with Gasteiger partial charge in [0.25, 0.3) is 11.8 Å². The lowest BCUT2D eigenvalue weighted by Gasteiger charge is -2.09. The number of aliphatic hydroxyl groups excluding tert-OH is 2. The summed E-state index contributed by atoms with van der Waals surface area (Å²) >= 11 is 2.57. The topological polar surface area (TPSA) is 150 Å². The number of nitrogens with zero attached hydrogens (tertiary/aromatic N) is 4. The van der Waals surface area contributed by atoms with E-state index < -0.39 is 24.0 Å². The van der Waals surface area contributed by atoms with Crippen molar-refractivity contribution in [3.63, 3.8) is 0 Å². The van der Waals surface area contributed by atoms with E-state index in [2.05, 4.69) is 31.0 Å². The van der Waals surface area contributed by atoms with Crippen LogP contribution < -0.4 is 10.6 Å². The highest BCUT2D eigenvalue weighted by Gasteiger charge is 2.19. The van der Waals surface area contributed by atoms with Crippen molar-refractivity contribution in [3.05, 3.63) is 81.8 Å². The molecule has 4 aromatic rings. The smallest absolute Gasteiger partial charge is 0.255 e. The van der Waals surface area contributed by atoms with Gasteiger partial charge in [-0.15, -0.1) is 20.4 Å². The molecule has 2 amide bonds. The van der Waals surface area contributed by atoms with Crippen LogP contribution in [0.25, 0.3) is 0 Å². The van der Waals surface area contributed by atoms with Gasteiger partial charge in [-0.25, -0.2) is 0 Å². The number of nitrogens with one attached hydrogen (secondary N) is 2. The Morgan fingerprint density at radius 2 is 1.05 bits per heavy atom. The van der Waals surface area contributed by atoms with Gasteiger partial charge in [-0.05, 0) is 24.0 Å². The van der Waals surface area contributed by atoms with Crippen molar-refractivity contribution in [3.8, 4) is 0 Å². The van der Waals surface area contributed by atoms with Crippen LogP contribution in [0.4, 0.5) is 10.3 Å². The molecule has 12 heteroatoms. The van der Waals surface area contributed by atoms with Crippen LogP contribution in [0.2, 0.25) is 0 Å². The van der Waals surface area contributed by atoms with Crippen LogP contribution in [0.3, 0.4) is 0 Å². The van der Waals surface area contributed by atoms with E-state index in [0.717, 1.165) is 34.0 Å². The number of hydrogen-bond acceptors (Lipinski definition) is 10. The largest absolute Gasteiger partial charge is 0.383 e. The molecule has 2 heterocycles. The second-order valence-electron chi connectivity index (χ2n) is 8.60. The van der Waals surface area contributed by atoms with E-state index in [-0.39, 0.29) is 12.8 Å². The summed E-state index contributed by atoms with van der Waals surface area (Å²) in [5.74, 6) is -1.02. The Bertz CT molecular complexity index is 1210. The molecule has 0 spiro atoms. The van der Waals surface area contributed by atoms with Crippen molar-refractivity contribution in [2.24, 2.45) is 0 Å². The average molecular weight is 553 g/mol. The number of aromatic nitrogens is 4. The minimum atomic E-state index is -1.17. The molecule has 0 saturated heterocycles. The third-order valence-electron chi connectivity index (χ3n) is 5.57. The van der Waals surface area contributed by atoms with E-state index >= 15 is 0 Å². The Morgan fingerprint density at radius 3 is 1.45 bits per heavy atom. The number of benzene rings is 2. The summed E-state index contributed by atoms with van der Waals surface area (Å²) in [5.41, 5.74) is 1.75. The predicted molar refractivity (Wildman–Crippen MR) is 146 cm³/mol. The standard InChI is InChI=1S/C26H28N6O4S2/c33-19(15-17-9-3-1-4-10-17)23(35)27-25-31-29-21(37-25)13-7-8-14-22-30-32-26(38-22)28-24(36)20(34)16-18-11-5-2-6-12-18/h1-6,9-12,19-20,33-34H,7-8,13-16H2,(H,27,31,35)(H,28,32,36)/t19-,20-/m1/s1. The highest BCUT2D eigenvalue weighted by Crippen LogP contribution is 2.21. The van der Waals surface area contributed by atoms with Crippen molar-refractivity contribution >= 4 is 44.8 Å². The zero-order valence-electron chi connectivity index (χ0n) is 20.5. The van der Waals surface area contributed by atoms with Crippen molar-refractivity contribution < 1.29 is 19.8 Å². The maximum Gasteiger partial charge on any atom is 0.255 e. The fourth-order valence-electron chi connectivity index (χ4n) is 3.60. The van der Waals surface area contributed by atoms with E-state index in [1.165, 1.54) is 22.7 Å². The summed E-state index contributed by atoms with van der Waals surface area (Å²) in [6.07, 6.45) is 1.15. The number of aryl methyl sites for hydroxylation is 2. The minimum Gasteiger partial charge on any atom is -0.383 e. The molecule has 4 N–H and O–H groups in total. The number of aliphatic hydroxyl groups is 2. The predicted octanol–water partition coefficient (Wildman–Crippen LogP) is 3.04. The number of unbranched alkanes of at least 4 members (excludes halogenated alkanes) is 1. The highest BCUT2D eigenvalue weighted by atomic mass is 32.1. The van der Waals surface area contributed by atoms with Gasteiger partial charge in [-0.3, -0.25) is 20.2 Å². The lowest BCUT2D eigenvalue weighted by atomic mass is 10.1. The molecule has 2 aromatic carbocycles. The first-order valence-corrected chi connectivity index (χ1v) is 13.8. The van der Waals surface area contributed by atoms with Crippen molar-refractivity contribution in [1.29, 1.82) is 0 Å². The zero-order chi connectivity index (χ0) is 26.7. The minimum absolute atomic E-state index is 0.226. The molecule has 0 saturated carbocycles.